The first-order valence-corrected chi connectivity index (χ1v) is 15.3. The van der Waals surface area contributed by atoms with E-state index in [9.17, 15) is 17.2 Å². The quantitative estimate of drug-likeness (QED) is 0.236. The van der Waals surface area contributed by atoms with Crippen LogP contribution in [0.5, 0.6) is 5.88 Å². The van der Waals surface area contributed by atoms with E-state index in [4.69, 9.17) is 15.2 Å². The number of pyridine rings is 2. The number of rotatable bonds is 7. The summed E-state index contributed by atoms with van der Waals surface area (Å²) < 4.78 is 66.7. The number of nitrogens with one attached hydrogen (secondary N) is 1. The highest BCUT2D eigenvalue weighted by Crippen LogP contribution is 2.35. The number of hydrogen-bond acceptors (Lipinski definition) is 8. The molecule has 5 aromatic rings. The van der Waals surface area contributed by atoms with Gasteiger partial charge in [-0.3, -0.25) is 4.72 Å². The lowest BCUT2D eigenvalue weighted by Crippen LogP contribution is -2.36. The molecule has 3 heterocycles. The summed E-state index contributed by atoms with van der Waals surface area (Å²) in [6, 6.07) is 17.5. The van der Waals surface area contributed by atoms with Gasteiger partial charge in [0.25, 0.3) is 10.0 Å². The zero-order valence-corrected chi connectivity index (χ0v) is 24.8. The number of nitrogen functional groups attached to an aromatic ring is 1. The van der Waals surface area contributed by atoms with Gasteiger partial charge in [0.15, 0.2) is 0 Å². The minimum Gasteiger partial charge on any atom is -0.480 e. The molecule has 226 valence electrons. The number of sulfonamides is 1. The molecule has 0 amide bonds. The average Bonchev–Trinajstić information content (AvgIpc) is 3.00. The molecule has 1 saturated heterocycles. The van der Waals surface area contributed by atoms with Gasteiger partial charge in [0.2, 0.25) is 5.88 Å². The van der Waals surface area contributed by atoms with E-state index in [0.717, 1.165) is 58.5 Å². The van der Waals surface area contributed by atoms with Crippen LogP contribution in [0.25, 0.3) is 33.2 Å². The predicted octanol–water partition coefficient (Wildman–Crippen LogP) is 5.78. The van der Waals surface area contributed by atoms with Gasteiger partial charge in [0.05, 0.1) is 25.8 Å². The molecular weight excluding hydrogens is 588 g/mol. The SMILES string of the molecule is COc1ncc(-c2ccc3nc(N)c(-c4ccc(N5CCOCC5)c(C)c4)cc3c2)cc1NS(=O)(=O)c1ccc(F)cc1F. The Kier molecular flexibility index (Phi) is 7.78. The molecule has 44 heavy (non-hydrogen) atoms. The largest absolute Gasteiger partial charge is 0.480 e. The van der Waals surface area contributed by atoms with E-state index >= 15 is 0 Å². The van der Waals surface area contributed by atoms with Gasteiger partial charge < -0.3 is 20.1 Å². The van der Waals surface area contributed by atoms with Gasteiger partial charge in [-0.2, -0.15) is 0 Å². The van der Waals surface area contributed by atoms with E-state index < -0.39 is 26.6 Å². The standard InChI is InChI=1S/C32H29F2N5O4S/c1-19-13-21(4-7-29(19)39-9-11-43-12-10-39)25-15-22-14-20(3-6-27(22)37-31(25)35)23-16-28(32(42-2)36-18-23)38-44(40,41)30-8-5-24(33)17-26(30)34/h3-8,13-18,38H,9-12H2,1-2H3,(H2,35,37). The molecule has 0 bridgehead atoms. The van der Waals surface area contributed by atoms with E-state index in [1.54, 1.807) is 0 Å². The lowest BCUT2D eigenvalue weighted by molar-refractivity contribution is 0.122. The molecule has 0 saturated carbocycles. The van der Waals surface area contributed by atoms with Crippen molar-refractivity contribution in [3.8, 4) is 28.1 Å². The third kappa shape index (κ3) is 5.73. The molecule has 1 fully saturated rings. The molecule has 12 heteroatoms. The number of aryl methyl sites for hydroxylation is 1. The molecule has 2 aromatic heterocycles. The fourth-order valence-corrected chi connectivity index (χ4v) is 6.43. The highest BCUT2D eigenvalue weighted by molar-refractivity contribution is 7.92. The molecule has 3 aromatic carbocycles. The monoisotopic (exact) mass is 617 g/mol. The van der Waals surface area contributed by atoms with Gasteiger partial charge in [-0.15, -0.1) is 0 Å². The number of ether oxygens (including phenoxy) is 2. The summed E-state index contributed by atoms with van der Waals surface area (Å²) in [5.41, 5.74) is 12.4. The number of fused-ring (bicyclic) bond motifs is 1. The lowest BCUT2D eigenvalue weighted by atomic mass is 9.99. The van der Waals surface area contributed by atoms with Gasteiger partial charge in [-0.05, 0) is 72.1 Å². The van der Waals surface area contributed by atoms with Crippen molar-refractivity contribution in [3.63, 3.8) is 0 Å². The van der Waals surface area contributed by atoms with Gasteiger partial charge in [-0.1, -0.05) is 12.1 Å². The molecule has 0 radical (unpaired) electrons. The van der Waals surface area contributed by atoms with Crippen molar-refractivity contribution < 1.29 is 26.7 Å². The van der Waals surface area contributed by atoms with Crippen molar-refractivity contribution in [2.45, 2.75) is 11.8 Å². The number of methoxy groups -OCH3 is 1. The molecular formula is C32H29F2N5O4S. The van der Waals surface area contributed by atoms with Crippen LogP contribution < -0.4 is 20.1 Å². The first kappa shape index (κ1) is 29.3. The third-order valence-electron chi connectivity index (χ3n) is 7.51. The Hall–Kier alpha value is -4.81. The van der Waals surface area contributed by atoms with Crippen LogP contribution in [0, 0.1) is 18.6 Å². The van der Waals surface area contributed by atoms with E-state index in [-0.39, 0.29) is 11.6 Å². The number of nitrogens with zero attached hydrogens (tertiary/aromatic N) is 3. The van der Waals surface area contributed by atoms with Crippen molar-refractivity contribution in [1.82, 2.24) is 9.97 Å². The van der Waals surface area contributed by atoms with Crippen molar-refractivity contribution in [3.05, 3.63) is 90.1 Å². The summed E-state index contributed by atoms with van der Waals surface area (Å²) in [5, 5.41) is 0.813. The second-order valence-corrected chi connectivity index (χ2v) is 12.0. The zero-order chi connectivity index (χ0) is 31.0. The van der Waals surface area contributed by atoms with E-state index in [1.807, 2.05) is 30.3 Å². The second-order valence-electron chi connectivity index (χ2n) is 10.4. The molecule has 0 aliphatic carbocycles. The molecule has 9 nitrogen and oxygen atoms in total. The Morgan fingerprint density at radius 2 is 1.73 bits per heavy atom. The summed E-state index contributed by atoms with van der Waals surface area (Å²) in [6.45, 7) is 5.16. The maximum atomic E-state index is 14.3. The minimum atomic E-state index is -4.43. The van der Waals surface area contributed by atoms with Crippen LogP contribution >= 0.6 is 0 Å². The molecule has 1 aliphatic heterocycles. The highest BCUT2D eigenvalue weighted by atomic mass is 32.2. The third-order valence-corrected chi connectivity index (χ3v) is 8.91. The molecule has 3 N–H and O–H groups in total. The van der Waals surface area contributed by atoms with E-state index in [0.29, 0.717) is 36.2 Å². The van der Waals surface area contributed by atoms with Crippen molar-refractivity contribution in [2.24, 2.45) is 0 Å². The van der Waals surface area contributed by atoms with Crippen LogP contribution in [0.4, 0.5) is 26.0 Å². The van der Waals surface area contributed by atoms with Crippen LogP contribution in [-0.4, -0.2) is 51.8 Å². The van der Waals surface area contributed by atoms with Gasteiger partial charge >= 0.3 is 0 Å². The number of halogens is 2. The zero-order valence-electron chi connectivity index (χ0n) is 24.0. The molecule has 6 rings (SSSR count). The maximum absolute atomic E-state index is 14.3. The topological polar surface area (TPSA) is 120 Å². The van der Waals surface area contributed by atoms with E-state index in [2.05, 4.69) is 38.6 Å². The fourth-order valence-electron chi connectivity index (χ4n) is 5.32. The number of anilines is 3. The highest BCUT2D eigenvalue weighted by Gasteiger charge is 2.22. The summed E-state index contributed by atoms with van der Waals surface area (Å²) in [5.74, 6) is -1.73. The minimum absolute atomic E-state index is 0.0132. The number of benzene rings is 3. The lowest BCUT2D eigenvalue weighted by Gasteiger charge is -2.30. The number of nitrogens with two attached hydrogens (primary N) is 1. The van der Waals surface area contributed by atoms with E-state index in [1.165, 1.54) is 19.4 Å². The smallest absolute Gasteiger partial charge is 0.264 e. The molecule has 0 atom stereocenters. The van der Waals surface area contributed by atoms with Crippen LogP contribution in [0.1, 0.15) is 5.56 Å². The predicted molar refractivity (Wildman–Crippen MR) is 166 cm³/mol. The summed E-state index contributed by atoms with van der Waals surface area (Å²) >= 11 is 0. The Morgan fingerprint density at radius 3 is 2.45 bits per heavy atom. The number of morpholine rings is 1. The Balaban J connectivity index is 1.34. The number of hydrogen-bond donors (Lipinski definition) is 2. The molecule has 0 unspecified atom stereocenters. The first-order valence-electron chi connectivity index (χ1n) is 13.8. The van der Waals surface area contributed by atoms with Crippen LogP contribution in [0.2, 0.25) is 0 Å². The second kappa shape index (κ2) is 11.7. The van der Waals surface area contributed by atoms with Crippen LogP contribution in [-0.2, 0) is 14.8 Å². The van der Waals surface area contributed by atoms with Crippen molar-refractivity contribution in [2.75, 3.05) is 48.8 Å². The summed E-state index contributed by atoms with van der Waals surface area (Å²) in [4.78, 5) is 10.5. The normalized spacial score (nSPS) is 13.7. The number of aromatic nitrogens is 2. The maximum Gasteiger partial charge on any atom is 0.264 e. The van der Waals surface area contributed by atoms with Crippen molar-refractivity contribution >= 4 is 38.1 Å². The Labute approximate surface area is 253 Å². The summed E-state index contributed by atoms with van der Waals surface area (Å²) in [6.07, 6.45) is 1.54. The van der Waals surface area contributed by atoms with Gasteiger partial charge in [0, 0.05) is 47.6 Å². The summed E-state index contributed by atoms with van der Waals surface area (Å²) in [7, 11) is -3.09. The Bertz CT molecular complexity index is 2000. The van der Waals surface area contributed by atoms with Gasteiger partial charge in [0.1, 0.15) is 28.0 Å². The van der Waals surface area contributed by atoms with Crippen LogP contribution in [0.3, 0.4) is 0 Å². The Morgan fingerprint density at radius 1 is 0.955 bits per heavy atom. The molecule has 1 aliphatic rings. The van der Waals surface area contributed by atoms with Crippen molar-refractivity contribution in [1.29, 1.82) is 0 Å². The first-order chi connectivity index (χ1) is 21.1. The van der Waals surface area contributed by atoms with Crippen LogP contribution in [0.15, 0.2) is 77.8 Å². The molecule has 0 spiro atoms. The fraction of sp³-hybridized carbons (Fsp3) is 0.188. The van der Waals surface area contributed by atoms with Gasteiger partial charge in [-0.25, -0.2) is 27.2 Å². The average molecular weight is 618 g/mol.